The number of ether oxygens (including phenoxy) is 1. The van der Waals surface area contributed by atoms with Gasteiger partial charge in [0.25, 0.3) is 0 Å². The van der Waals surface area contributed by atoms with Crippen molar-refractivity contribution in [3.8, 4) is 0 Å². The molecule has 128 valence electrons. The van der Waals surface area contributed by atoms with Crippen molar-refractivity contribution in [2.24, 2.45) is 0 Å². The van der Waals surface area contributed by atoms with Gasteiger partial charge in [0.2, 0.25) is 0 Å². The van der Waals surface area contributed by atoms with Crippen LogP contribution >= 0.6 is 11.3 Å². The van der Waals surface area contributed by atoms with Gasteiger partial charge in [-0.2, -0.15) is 0 Å². The number of nitrogens with zero attached hydrogens (tertiary/aromatic N) is 1. The second-order valence-corrected chi connectivity index (χ2v) is 7.16. The van der Waals surface area contributed by atoms with E-state index >= 15 is 0 Å². The van der Waals surface area contributed by atoms with Crippen LogP contribution < -0.4 is 0 Å². The second kappa shape index (κ2) is 7.01. The molecule has 6 heteroatoms. The minimum atomic E-state index is -0.919. The summed E-state index contributed by atoms with van der Waals surface area (Å²) in [5.74, 6) is -0.919. The van der Waals surface area contributed by atoms with E-state index < -0.39 is 5.97 Å². The smallest absolute Gasteiger partial charge is 0.335 e. The summed E-state index contributed by atoms with van der Waals surface area (Å²) in [6.07, 6.45) is 2.27. The van der Waals surface area contributed by atoms with Crippen LogP contribution in [0.5, 0.6) is 0 Å². The van der Waals surface area contributed by atoms with E-state index in [1.54, 1.807) is 23.5 Å². The van der Waals surface area contributed by atoms with Gasteiger partial charge in [0.1, 0.15) is 5.01 Å². The number of aliphatic hydroxyl groups excluding tert-OH is 1. The lowest BCUT2D eigenvalue weighted by Gasteiger charge is -2.36. The van der Waals surface area contributed by atoms with Gasteiger partial charge in [-0.05, 0) is 37.5 Å². The zero-order valence-electron chi connectivity index (χ0n) is 13.6. The molecule has 1 aromatic carbocycles. The van der Waals surface area contributed by atoms with Crippen LogP contribution in [-0.4, -0.2) is 41.0 Å². The lowest BCUT2D eigenvalue weighted by Crippen LogP contribution is -2.35. The average Bonchev–Trinajstić information content (AvgIpc) is 2.97. The van der Waals surface area contributed by atoms with Crippen LogP contribution in [0.15, 0.2) is 24.3 Å². The van der Waals surface area contributed by atoms with E-state index in [9.17, 15) is 9.90 Å². The van der Waals surface area contributed by atoms with Gasteiger partial charge < -0.3 is 14.9 Å². The summed E-state index contributed by atoms with van der Waals surface area (Å²) in [7, 11) is 0. The van der Waals surface area contributed by atoms with Crippen LogP contribution in [0.4, 0.5) is 0 Å². The number of hydrogen-bond donors (Lipinski definition) is 2. The van der Waals surface area contributed by atoms with E-state index in [0.717, 1.165) is 34.0 Å². The number of carboxylic acids is 1. The fourth-order valence-corrected chi connectivity index (χ4v) is 4.56. The molecule has 0 spiro atoms. The lowest BCUT2D eigenvalue weighted by atomic mass is 9.74. The lowest BCUT2D eigenvalue weighted by molar-refractivity contribution is 0.0628. The summed E-state index contributed by atoms with van der Waals surface area (Å²) >= 11 is 1.65. The maximum Gasteiger partial charge on any atom is 0.335 e. The largest absolute Gasteiger partial charge is 0.478 e. The molecule has 1 aliphatic rings. The molecule has 0 atom stereocenters. The molecule has 2 N–H and O–H groups in total. The quantitative estimate of drug-likeness (QED) is 0.869. The highest BCUT2D eigenvalue weighted by Gasteiger charge is 2.39. The van der Waals surface area contributed by atoms with Crippen molar-refractivity contribution in [1.82, 2.24) is 4.98 Å². The maximum absolute atomic E-state index is 11.1. The molecular formula is C18H21NO4S. The van der Waals surface area contributed by atoms with Crippen LogP contribution in [0.2, 0.25) is 0 Å². The number of aromatic nitrogens is 1. The third-order valence-corrected chi connectivity index (χ3v) is 6.09. The van der Waals surface area contributed by atoms with Crippen molar-refractivity contribution in [1.29, 1.82) is 0 Å². The molecule has 1 aromatic heterocycles. The van der Waals surface area contributed by atoms with Crippen molar-refractivity contribution < 1.29 is 19.7 Å². The molecule has 3 rings (SSSR count). The van der Waals surface area contributed by atoms with Crippen LogP contribution in [0.1, 0.15) is 44.3 Å². The highest BCUT2D eigenvalue weighted by atomic mass is 32.1. The van der Waals surface area contributed by atoms with Gasteiger partial charge in [-0.1, -0.05) is 12.1 Å². The summed E-state index contributed by atoms with van der Waals surface area (Å²) < 4.78 is 5.56. The normalized spacial score (nSPS) is 16.9. The zero-order valence-corrected chi connectivity index (χ0v) is 14.4. The highest BCUT2D eigenvalue weighted by Crippen LogP contribution is 2.43. The number of carbonyl (C=O) groups is 1. The van der Waals surface area contributed by atoms with E-state index in [4.69, 9.17) is 14.8 Å². The third kappa shape index (κ3) is 3.09. The van der Waals surface area contributed by atoms with Crippen molar-refractivity contribution in [3.63, 3.8) is 0 Å². The number of hydrogen-bond acceptors (Lipinski definition) is 5. The number of benzene rings is 1. The Labute approximate surface area is 144 Å². The Balaban J connectivity index is 2.04. The zero-order chi connectivity index (χ0) is 17.2. The third-order valence-electron chi connectivity index (χ3n) is 4.67. The molecule has 0 unspecified atom stereocenters. The van der Waals surface area contributed by atoms with E-state index in [1.807, 2.05) is 19.1 Å². The average molecular weight is 347 g/mol. The SMILES string of the molecule is Cc1nc(C2(c3ccc(C(=O)O)cc3)CCOCC2)sc1CCO. The van der Waals surface area contributed by atoms with E-state index in [-0.39, 0.29) is 17.6 Å². The summed E-state index contributed by atoms with van der Waals surface area (Å²) in [6.45, 7) is 3.42. The monoisotopic (exact) mass is 347 g/mol. The van der Waals surface area contributed by atoms with Crippen LogP contribution in [-0.2, 0) is 16.6 Å². The Morgan fingerprint density at radius 3 is 2.54 bits per heavy atom. The molecule has 0 amide bonds. The molecule has 1 fully saturated rings. The molecular weight excluding hydrogens is 326 g/mol. The summed E-state index contributed by atoms with van der Waals surface area (Å²) in [4.78, 5) is 17.0. The standard InChI is InChI=1S/C18H21NO4S/c1-12-15(6-9-20)24-17(19-12)18(7-10-23-11-8-18)14-4-2-13(3-5-14)16(21)22/h2-5,20H,6-11H2,1H3,(H,21,22). The number of aromatic carboxylic acids is 1. The minimum Gasteiger partial charge on any atom is -0.478 e. The fraction of sp³-hybridized carbons (Fsp3) is 0.444. The van der Waals surface area contributed by atoms with Gasteiger partial charge in [0.05, 0.1) is 16.7 Å². The van der Waals surface area contributed by atoms with Gasteiger partial charge in [-0.3, -0.25) is 0 Å². The van der Waals surface area contributed by atoms with Crippen LogP contribution in [0.25, 0.3) is 0 Å². The van der Waals surface area contributed by atoms with Crippen molar-refractivity contribution >= 4 is 17.3 Å². The second-order valence-electron chi connectivity index (χ2n) is 6.08. The van der Waals surface area contributed by atoms with Crippen molar-refractivity contribution in [2.45, 2.75) is 31.6 Å². The number of thiazole rings is 1. The van der Waals surface area contributed by atoms with Gasteiger partial charge in [0.15, 0.2) is 0 Å². The molecule has 0 radical (unpaired) electrons. The topological polar surface area (TPSA) is 79.7 Å². The van der Waals surface area contributed by atoms with Crippen LogP contribution in [0, 0.1) is 6.92 Å². The Morgan fingerprint density at radius 1 is 1.29 bits per heavy atom. The fourth-order valence-electron chi connectivity index (χ4n) is 3.24. The predicted octanol–water partition coefficient (Wildman–Crippen LogP) is 2.78. The molecule has 2 heterocycles. The summed E-state index contributed by atoms with van der Waals surface area (Å²) in [5, 5.41) is 19.4. The number of rotatable bonds is 5. The van der Waals surface area contributed by atoms with Gasteiger partial charge in [-0.25, -0.2) is 9.78 Å². The van der Waals surface area contributed by atoms with E-state index in [2.05, 4.69) is 0 Å². The number of aryl methyl sites for hydroxylation is 1. The van der Waals surface area contributed by atoms with Gasteiger partial charge in [-0.15, -0.1) is 11.3 Å². The molecule has 0 saturated carbocycles. The molecule has 1 saturated heterocycles. The molecule has 24 heavy (non-hydrogen) atoms. The predicted molar refractivity (Wildman–Crippen MR) is 91.9 cm³/mol. The first-order valence-electron chi connectivity index (χ1n) is 8.06. The molecule has 0 bridgehead atoms. The van der Waals surface area contributed by atoms with E-state index in [1.165, 1.54) is 0 Å². The molecule has 1 aliphatic heterocycles. The first kappa shape index (κ1) is 17.1. The first-order valence-corrected chi connectivity index (χ1v) is 8.88. The maximum atomic E-state index is 11.1. The Hall–Kier alpha value is -1.76. The van der Waals surface area contributed by atoms with Gasteiger partial charge in [0, 0.05) is 31.1 Å². The molecule has 0 aliphatic carbocycles. The molecule has 2 aromatic rings. The first-order chi connectivity index (χ1) is 11.6. The number of aliphatic hydroxyl groups is 1. The Morgan fingerprint density at radius 2 is 1.96 bits per heavy atom. The minimum absolute atomic E-state index is 0.117. The van der Waals surface area contributed by atoms with Crippen molar-refractivity contribution in [3.05, 3.63) is 51.0 Å². The van der Waals surface area contributed by atoms with Crippen LogP contribution in [0.3, 0.4) is 0 Å². The highest BCUT2D eigenvalue weighted by molar-refractivity contribution is 7.12. The number of carboxylic acid groups (broad SMARTS) is 1. The van der Waals surface area contributed by atoms with E-state index in [0.29, 0.717) is 19.6 Å². The summed E-state index contributed by atoms with van der Waals surface area (Å²) in [5.41, 5.74) is 2.10. The Kier molecular flexibility index (Phi) is 4.99. The van der Waals surface area contributed by atoms with Gasteiger partial charge >= 0.3 is 5.97 Å². The van der Waals surface area contributed by atoms with Crippen molar-refractivity contribution in [2.75, 3.05) is 19.8 Å². The summed E-state index contributed by atoms with van der Waals surface area (Å²) in [6, 6.07) is 7.11. The Bertz CT molecular complexity index is 717. The molecule has 5 nitrogen and oxygen atoms in total.